The maximum absolute atomic E-state index is 12.7. The largest absolute Gasteiger partial charge is 0.508 e. The van der Waals surface area contributed by atoms with Crippen molar-refractivity contribution in [3.63, 3.8) is 0 Å². The van der Waals surface area contributed by atoms with Crippen LogP contribution in [0.2, 0.25) is 0 Å². The number of hydrogen-bond acceptors (Lipinski definition) is 3. The zero-order valence-corrected chi connectivity index (χ0v) is 13.2. The van der Waals surface area contributed by atoms with Crippen LogP contribution in [0.3, 0.4) is 0 Å². The molecular weight excluding hydrogens is 292 g/mol. The fourth-order valence-electron chi connectivity index (χ4n) is 2.55. The molecule has 2 aromatic heterocycles. The standard InChI is InChI=1S/C17H18N4O2/c1-11-16(17(23)19-13-8-18-21(3)9-13)15(10-20(11)2)12-4-6-14(22)7-5-12/h4-10,22H,1-3H3,(H,19,23). The van der Waals surface area contributed by atoms with Crippen LogP contribution in [0.15, 0.2) is 42.9 Å². The second-order valence-corrected chi connectivity index (χ2v) is 5.52. The second kappa shape index (κ2) is 5.64. The van der Waals surface area contributed by atoms with E-state index in [4.69, 9.17) is 0 Å². The molecule has 2 heterocycles. The minimum absolute atomic E-state index is 0.181. The van der Waals surface area contributed by atoms with E-state index in [0.29, 0.717) is 11.3 Å². The van der Waals surface area contributed by atoms with Crippen LogP contribution in [-0.2, 0) is 14.1 Å². The smallest absolute Gasteiger partial charge is 0.258 e. The normalized spacial score (nSPS) is 10.7. The Kier molecular flexibility index (Phi) is 3.65. The summed E-state index contributed by atoms with van der Waals surface area (Å²) in [5.74, 6) is 0.0157. The van der Waals surface area contributed by atoms with Crippen LogP contribution < -0.4 is 5.32 Å². The van der Waals surface area contributed by atoms with Crippen LogP contribution in [0.25, 0.3) is 11.1 Å². The van der Waals surface area contributed by atoms with Crippen molar-refractivity contribution in [1.29, 1.82) is 0 Å². The van der Waals surface area contributed by atoms with Crippen LogP contribution in [0.4, 0.5) is 5.69 Å². The van der Waals surface area contributed by atoms with Gasteiger partial charge in [0, 0.05) is 37.7 Å². The van der Waals surface area contributed by atoms with Gasteiger partial charge >= 0.3 is 0 Å². The Morgan fingerprint density at radius 3 is 2.48 bits per heavy atom. The zero-order chi connectivity index (χ0) is 16.6. The number of aryl methyl sites for hydroxylation is 2. The van der Waals surface area contributed by atoms with Crippen molar-refractivity contribution in [3.8, 4) is 16.9 Å². The van der Waals surface area contributed by atoms with E-state index in [1.54, 1.807) is 48.4 Å². The number of carbonyl (C=O) groups is 1. The molecule has 1 aromatic carbocycles. The number of anilines is 1. The first kappa shape index (κ1) is 14.9. The summed E-state index contributed by atoms with van der Waals surface area (Å²) in [6, 6.07) is 6.82. The SMILES string of the molecule is Cc1c(C(=O)Nc2cnn(C)c2)c(-c2ccc(O)cc2)cn1C. The third-order valence-corrected chi connectivity index (χ3v) is 3.85. The van der Waals surface area contributed by atoms with E-state index in [1.165, 1.54) is 0 Å². The van der Waals surface area contributed by atoms with E-state index in [0.717, 1.165) is 16.8 Å². The van der Waals surface area contributed by atoms with Gasteiger partial charge in [-0.25, -0.2) is 0 Å². The van der Waals surface area contributed by atoms with Gasteiger partial charge in [0.25, 0.3) is 5.91 Å². The number of hydrogen-bond donors (Lipinski definition) is 2. The third-order valence-electron chi connectivity index (χ3n) is 3.85. The van der Waals surface area contributed by atoms with Gasteiger partial charge in [-0.05, 0) is 24.6 Å². The fourth-order valence-corrected chi connectivity index (χ4v) is 2.55. The summed E-state index contributed by atoms with van der Waals surface area (Å²) in [5.41, 5.74) is 3.84. The third kappa shape index (κ3) is 2.83. The lowest BCUT2D eigenvalue weighted by Gasteiger charge is -2.07. The van der Waals surface area contributed by atoms with E-state index < -0.39 is 0 Å². The molecule has 2 N–H and O–H groups in total. The molecule has 6 heteroatoms. The molecule has 0 atom stereocenters. The highest BCUT2D eigenvalue weighted by Crippen LogP contribution is 2.29. The highest BCUT2D eigenvalue weighted by Gasteiger charge is 2.20. The lowest BCUT2D eigenvalue weighted by molar-refractivity contribution is 0.102. The van der Waals surface area contributed by atoms with Crippen molar-refractivity contribution >= 4 is 11.6 Å². The molecule has 1 amide bonds. The summed E-state index contributed by atoms with van der Waals surface area (Å²) < 4.78 is 3.55. The molecule has 0 aliphatic carbocycles. The molecule has 0 aliphatic rings. The molecular formula is C17H18N4O2. The van der Waals surface area contributed by atoms with Gasteiger partial charge in [-0.3, -0.25) is 9.48 Å². The Balaban J connectivity index is 2.00. The van der Waals surface area contributed by atoms with E-state index in [9.17, 15) is 9.90 Å². The number of carbonyl (C=O) groups excluding carboxylic acids is 1. The van der Waals surface area contributed by atoms with Gasteiger partial charge in [-0.1, -0.05) is 12.1 Å². The molecule has 0 bridgehead atoms. The van der Waals surface area contributed by atoms with Crippen molar-refractivity contribution in [1.82, 2.24) is 14.3 Å². The minimum atomic E-state index is -0.181. The van der Waals surface area contributed by atoms with E-state index in [-0.39, 0.29) is 11.7 Å². The lowest BCUT2D eigenvalue weighted by atomic mass is 10.0. The van der Waals surface area contributed by atoms with Crippen molar-refractivity contribution < 1.29 is 9.90 Å². The van der Waals surface area contributed by atoms with Crippen molar-refractivity contribution in [2.75, 3.05) is 5.32 Å². The van der Waals surface area contributed by atoms with Crippen molar-refractivity contribution in [3.05, 3.63) is 54.1 Å². The first-order valence-corrected chi connectivity index (χ1v) is 7.21. The number of amides is 1. The summed E-state index contributed by atoms with van der Waals surface area (Å²) in [6.45, 7) is 1.90. The Labute approximate surface area is 134 Å². The van der Waals surface area contributed by atoms with Gasteiger partial charge < -0.3 is 15.0 Å². The fraction of sp³-hybridized carbons (Fsp3) is 0.176. The monoisotopic (exact) mass is 310 g/mol. The number of phenols is 1. The summed E-state index contributed by atoms with van der Waals surface area (Å²) in [5, 5.41) is 16.4. The van der Waals surface area contributed by atoms with Crippen LogP contribution in [0, 0.1) is 6.92 Å². The van der Waals surface area contributed by atoms with Crippen LogP contribution in [0.5, 0.6) is 5.75 Å². The summed E-state index contributed by atoms with van der Waals surface area (Å²) in [6.07, 6.45) is 5.27. The summed E-state index contributed by atoms with van der Waals surface area (Å²) >= 11 is 0. The number of aromatic nitrogens is 3. The molecule has 23 heavy (non-hydrogen) atoms. The topological polar surface area (TPSA) is 72.1 Å². The van der Waals surface area contributed by atoms with Crippen LogP contribution in [0.1, 0.15) is 16.1 Å². The first-order valence-electron chi connectivity index (χ1n) is 7.21. The highest BCUT2D eigenvalue weighted by molar-refractivity contribution is 6.09. The second-order valence-electron chi connectivity index (χ2n) is 5.52. The van der Waals surface area contributed by atoms with Gasteiger partial charge in [0.1, 0.15) is 5.75 Å². The quantitative estimate of drug-likeness (QED) is 0.781. The average Bonchev–Trinajstić information content (AvgIpc) is 3.04. The van der Waals surface area contributed by atoms with E-state index in [1.807, 2.05) is 24.7 Å². The number of nitrogens with one attached hydrogen (secondary N) is 1. The van der Waals surface area contributed by atoms with Gasteiger partial charge in [-0.15, -0.1) is 0 Å². The molecule has 3 aromatic rings. The minimum Gasteiger partial charge on any atom is -0.508 e. The van der Waals surface area contributed by atoms with Crippen molar-refractivity contribution in [2.45, 2.75) is 6.92 Å². The van der Waals surface area contributed by atoms with Gasteiger partial charge in [0.15, 0.2) is 0 Å². The van der Waals surface area contributed by atoms with Gasteiger partial charge in [0.2, 0.25) is 0 Å². The number of phenolic OH excluding ortho intramolecular Hbond substituents is 1. The molecule has 0 radical (unpaired) electrons. The van der Waals surface area contributed by atoms with Crippen LogP contribution >= 0.6 is 0 Å². The molecule has 0 saturated carbocycles. The Morgan fingerprint density at radius 1 is 1.17 bits per heavy atom. The molecule has 6 nitrogen and oxygen atoms in total. The average molecular weight is 310 g/mol. The maximum atomic E-state index is 12.7. The predicted octanol–water partition coefficient (Wildman–Crippen LogP) is 2.69. The molecule has 0 aliphatic heterocycles. The molecule has 0 fully saturated rings. The Bertz CT molecular complexity index is 859. The number of rotatable bonds is 3. The Hall–Kier alpha value is -3.02. The zero-order valence-electron chi connectivity index (χ0n) is 13.2. The molecule has 0 saturated heterocycles. The lowest BCUT2D eigenvalue weighted by Crippen LogP contribution is -2.13. The summed E-state index contributed by atoms with van der Waals surface area (Å²) in [7, 11) is 3.70. The number of aromatic hydroxyl groups is 1. The van der Waals surface area contributed by atoms with Gasteiger partial charge in [0.05, 0.1) is 17.4 Å². The number of benzene rings is 1. The van der Waals surface area contributed by atoms with Gasteiger partial charge in [-0.2, -0.15) is 5.10 Å². The highest BCUT2D eigenvalue weighted by atomic mass is 16.3. The molecule has 3 rings (SSSR count). The first-order chi connectivity index (χ1) is 11.0. The maximum Gasteiger partial charge on any atom is 0.258 e. The van der Waals surface area contributed by atoms with E-state index in [2.05, 4.69) is 10.4 Å². The molecule has 0 spiro atoms. The van der Waals surface area contributed by atoms with Crippen LogP contribution in [-0.4, -0.2) is 25.4 Å². The predicted molar refractivity (Wildman–Crippen MR) is 88.4 cm³/mol. The summed E-state index contributed by atoms with van der Waals surface area (Å²) in [4.78, 5) is 12.7. The number of nitrogens with zero attached hydrogens (tertiary/aromatic N) is 3. The van der Waals surface area contributed by atoms with E-state index >= 15 is 0 Å². The molecule has 118 valence electrons. The Morgan fingerprint density at radius 2 is 1.87 bits per heavy atom. The van der Waals surface area contributed by atoms with Crippen molar-refractivity contribution in [2.24, 2.45) is 14.1 Å². The molecule has 0 unspecified atom stereocenters.